The van der Waals surface area contributed by atoms with E-state index in [2.05, 4.69) is 24.5 Å². The van der Waals surface area contributed by atoms with Crippen molar-refractivity contribution in [3.05, 3.63) is 0 Å². The monoisotopic (exact) mass is 384 g/mol. The third-order valence-corrected chi connectivity index (χ3v) is 4.84. The molecule has 0 aromatic carbocycles. The molecule has 0 aliphatic rings. The molecule has 0 aromatic heterocycles. The summed E-state index contributed by atoms with van der Waals surface area (Å²) in [5, 5.41) is 15.3. The highest BCUT2D eigenvalue weighted by Gasteiger charge is 2.23. The summed E-state index contributed by atoms with van der Waals surface area (Å²) in [5.41, 5.74) is 0. The Labute approximate surface area is 167 Å². The van der Waals surface area contributed by atoms with Gasteiger partial charge in [0.1, 0.15) is 6.04 Å². The minimum Gasteiger partial charge on any atom is -0.394 e. The molecule has 0 unspecified atom stereocenters. The van der Waals surface area contributed by atoms with Crippen molar-refractivity contribution in [1.29, 1.82) is 0 Å². The molecule has 0 spiro atoms. The van der Waals surface area contributed by atoms with Crippen LogP contribution in [0.1, 0.15) is 105 Å². The Morgan fingerprint density at radius 2 is 1.44 bits per heavy atom. The van der Waals surface area contributed by atoms with Crippen LogP contribution in [0.5, 0.6) is 0 Å². The summed E-state index contributed by atoms with van der Waals surface area (Å²) >= 11 is 0. The Bertz CT molecular complexity index is 386. The van der Waals surface area contributed by atoms with E-state index in [0.717, 1.165) is 32.1 Å². The van der Waals surface area contributed by atoms with Crippen LogP contribution in [-0.2, 0) is 9.59 Å². The zero-order valence-corrected chi connectivity index (χ0v) is 18.2. The number of amides is 2. The van der Waals surface area contributed by atoms with Gasteiger partial charge in [0.2, 0.25) is 11.8 Å². The summed E-state index contributed by atoms with van der Waals surface area (Å²) in [6.45, 7) is 8.32. The van der Waals surface area contributed by atoms with E-state index in [1.807, 2.05) is 13.8 Å². The standard InChI is InChI=1S/C22H44N2O3/c1-5-7-9-10-11-12-13-15-21(26)24-20(16-18(3)4)22(27)23-19(17-25)14-8-6-2/h18-20,25H,5-17H2,1-4H3,(H,23,27)(H,24,26)/t19-,20-/m0/s1. The molecule has 5 nitrogen and oxygen atoms in total. The van der Waals surface area contributed by atoms with Gasteiger partial charge in [-0.2, -0.15) is 0 Å². The maximum absolute atomic E-state index is 12.6. The molecule has 0 saturated heterocycles. The summed E-state index contributed by atoms with van der Waals surface area (Å²) in [4.78, 5) is 24.8. The van der Waals surface area contributed by atoms with Crippen molar-refractivity contribution in [1.82, 2.24) is 10.6 Å². The van der Waals surface area contributed by atoms with Crippen molar-refractivity contribution in [3.63, 3.8) is 0 Å². The van der Waals surface area contributed by atoms with E-state index in [0.29, 0.717) is 18.8 Å². The highest BCUT2D eigenvalue weighted by molar-refractivity contribution is 5.87. The smallest absolute Gasteiger partial charge is 0.242 e. The van der Waals surface area contributed by atoms with Crippen molar-refractivity contribution in [2.45, 2.75) is 117 Å². The number of hydrogen-bond acceptors (Lipinski definition) is 3. The lowest BCUT2D eigenvalue weighted by atomic mass is 10.0. The predicted octanol–water partition coefficient (Wildman–Crippen LogP) is 4.33. The molecule has 0 aromatic rings. The SMILES string of the molecule is CCCCCCCCCC(=O)N[C@@H](CC(C)C)C(=O)N[C@H](CO)CCCC. The molecule has 0 rings (SSSR count). The highest BCUT2D eigenvalue weighted by Crippen LogP contribution is 2.10. The molecule has 5 heteroatoms. The van der Waals surface area contributed by atoms with Gasteiger partial charge in [-0.3, -0.25) is 9.59 Å². The van der Waals surface area contributed by atoms with Crippen molar-refractivity contribution in [3.8, 4) is 0 Å². The lowest BCUT2D eigenvalue weighted by molar-refractivity contribution is -0.130. The van der Waals surface area contributed by atoms with Crippen molar-refractivity contribution in [2.24, 2.45) is 5.92 Å². The fourth-order valence-corrected chi connectivity index (χ4v) is 3.17. The zero-order valence-electron chi connectivity index (χ0n) is 18.2. The Morgan fingerprint density at radius 1 is 0.852 bits per heavy atom. The zero-order chi connectivity index (χ0) is 20.5. The Morgan fingerprint density at radius 3 is 2.00 bits per heavy atom. The molecule has 0 saturated carbocycles. The van der Waals surface area contributed by atoms with Crippen LogP contribution in [0.15, 0.2) is 0 Å². The molecule has 0 aliphatic heterocycles. The van der Waals surface area contributed by atoms with E-state index in [-0.39, 0.29) is 24.5 Å². The van der Waals surface area contributed by atoms with Crippen LogP contribution >= 0.6 is 0 Å². The third kappa shape index (κ3) is 14.6. The second-order valence-corrected chi connectivity index (χ2v) is 8.15. The topological polar surface area (TPSA) is 78.4 Å². The van der Waals surface area contributed by atoms with Gasteiger partial charge in [-0.1, -0.05) is 79.1 Å². The van der Waals surface area contributed by atoms with Crippen molar-refractivity contribution >= 4 is 11.8 Å². The average Bonchev–Trinajstić information content (AvgIpc) is 2.63. The first-order valence-electron chi connectivity index (χ1n) is 11.1. The fraction of sp³-hybridized carbons (Fsp3) is 0.909. The van der Waals surface area contributed by atoms with E-state index in [1.165, 1.54) is 32.1 Å². The quantitative estimate of drug-likeness (QED) is 0.327. The molecule has 27 heavy (non-hydrogen) atoms. The van der Waals surface area contributed by atoms with Crippen LogP contribution in [0.3, 0.4) is 0 Å². The van der Waals surface area contributed by atoms with Gasteiger partial charge in [-0.05, 0) is 25.2 Å². The first-order valence-corrected chi connectivity index (χ1v) is 11.1. The number of hydrogen-bond donors (Lipinski definition) is 3. The van der Waals surface area contributed by atoms with E-state index < -0.39 is 6.04 Å². The van der Waals surface area contributed by atoms with Gasteiger partial charge in [-0.15, -0.1) is 0 Å². The van der Waals surface area contributed by atoms with Crippen molar-refractivity contribution < 1.29 is 14.7 Å². The van der Waals surface area contributed by atoms with Crippen molar-refractivity contribution in [2.75, 3.05) is 6.61 Å². The maximum Gasteiger partial charge on any atom is 0.242 e. The summed E-state index contributed by atoms with van der Waals surface area (Å²) in [5.74, 6) is 0.0908. The van der Waals surface area contributed by atoms with Gasteiger partial charge < -0.3 is 15.7 Å². The molecule has 0 radical (unpaired) electrons. The number of carbonyl (C=O) groups excluding carboxylic acids is 2. The summed E-state index contributed by atoms with van der Waals surface area (Å²) in [6.07, 6.45) is 12.0. The minimum absolute atomic E-state index is 0.0431. The molecule has 2 atom stereocenters. The molecule has 0 heterocycles. The molecule has 0 aliphatic carbocycles. The van der Waals surface area contributed by atoms with Crippen LogP contribution in [-0.4, -0.2) is 35.6 Å². The molecule has 3 N–H and O–H groups in total. The number of aliphatic hydroxyl groups is 1. The van der Waals surface area contributed by atoms with Gasteiger partial charge in [0.15, 0.2) is 0 Å². The van der Waals surface area contributed by atoms with E-state index in [1.54, 1.807) is 0 Å². The minimum atomic E-state index is -0.516. The highest BCUT2D eigenvalue weighted by atomic mass is 16.3. The molecule has 160 valence electrons. The predicted molar refractivity (Wildman–Crippen MR) is 113 cm³/mol. The van der Waals surface area contributed by atoms with Crippen LogP contribution < -0.4 is 10.6 Å². The van der Waals surface area contributed by atoms with Crippen LogP contribution in [0.4, 0.5) is 0 Å². The Balaban J connectivity index is 4.33. The molecular weight excluding hydrogens is 340 g/mol. The van der Waals surface area contributed by atoms with Crippen LogP contribution in [0.2, 0.25) is 0 Å². The van der Waals surface area contributed by atoms with E-state index in [4.69, 9.17) is 0 Å². The fourth-order valence-electron chi connectivity index (χ4n) is 3.17. The second kappa shape index (κ2) is 17.0. The third-order valence-electron chi connectivity index (χ3n) is 4.84. The normalized spacial score (nSPS) is 13.4. The number of unbranched alkanes of at least 4 members (excludes halogenated alkanes) is 7. The molecule has 0 bridgehead atoms. The molecule has 2 amide bonds. The molecule has 0 fully saturated rings. The summed E-state index contributed by atoms with van der Waals surface area (Å²) in [6, 6.07) is -0.745. The van der Waals surface area contributed by atoms with Gasteiger partial charge in [0.05, 0.1) is 12.6 Å². The maximum atomic E-state index is 12.6. The van der Waals surface area contributed by atoms with Crippen LogP contribution in [0, 0.1) is 5.92 Å². The van der Waals surface area contributed by atoms with E-state index >= 15 is 0 Å². The largest absolute Gasteiger partial charge is 0.394 e. The van der Waals surface area contributed by atoms with Gasteiger partial charge >= 0.3 is 0 Å². The Kier molecular flexibility index (Phi) is 16.3. The van der Waals surface area contributed by atoms with Gasteiger partial charge in [0.25, 0.3) is 0 Å². The number of rotatable bonds is 17. The second-order valence-electron chi connectivity index (χ2n) is 8.15. The first kappa shape index (κ1) is 25.9. The number of carbonyl (C=O) groups is 2. The molecular formula is C22H44N2O3. The van der Waals surface area contributed by atoms with Crippen LogP contribution in [0.25, 0.3) is 0 Å². The lowest BCUT2D eigenvalue weighted by Crippen LogP contribution is -2.51. The lowest BCUT2D eigenvalue weighted by Gasteiger charge is -2.23. The summed E-state index contributed by atoms with van der Waals surface area (Å²) < 4.78 is 0. The van der Waals surface area contributed by atoms with Gasteiger partial charge in [-0.25, -0.2) is 0 Å². The number of aliphatic hydroxyl groups excluding tert-OH is 1. The Hall–Kier alpha value is -1.10. The number of nitrogens with one attached hydrogen (secondary N) is 2. The first-order chi connectivity index (χ1) is 12.9. The van der Waals surface area contributed by atoms with E-state index in [9.17, 15) is 14.7 Å². The summed E-state index contributed by atoms with van der Waals surface area (Å²) in [7, 11) is 0. The van der Waals surface area contributed by atoms with Gasteiger partial charge in [0, 0.05) is 6.42 Å². The average molecular weight is 385 g/mol.